The van der Waals surface area contributed by atoms with E-state index in [1.165, 1.54) is 4.68 Å². The van der Waals surface area contributed by atoms with Gasteiger partial charge in [0.25, 0.3) is 0 Å². The normalized spacial score (nSPS) is 16.5. The van der Waals surface area contributed by atoms with Gasteiger partial charge in [0, 0.05) is 52.2 Å². The predicted octanol–water partition coefficient (Wildman–Crippen LogP) is 0.617. The molecule has 0 saturated carbocycles. The first-order valence-electron chi connectivity index (χ1n) is 17.2. The number of carbonyl (C=O) groups excluding carboxylic acids is 1. The van der Waals surface area contributed by atoms with Crippen molar-refractivity contribution >= 4 is 42.1 Å². The van der Waals surface area contributed by atoms with Gasteiger partial charge in [0.2, 0.25) is 23.8 Å². The minimum Gasteiger partial charge on any atom is -0.481 e. The molecule has 18 nitrogen and oxygen atoms in total. The fourth-order valence-electron chi connectivity index (χ4n) is 5.39. The van der Waals surface area contributed by atoms with Crippen LogP contribution in [-0.4, -0.2) is 150 Å². The number of hydrogen-bond acceptors (Lipinski definition) is 15. The summed E-state index contributed by atoms with van der Waals surface area (Å²) in [6.07, 6.45) is 7.58. The molecule has 0 aliphatic carbocycles. The van der Waals surface area contributed by atoms with Gasteiger partial charge in [-0.2, -0.15) is 15.0 Å². The average molecular weight is 738 g/mol. The number of nitrogens with zero attached hydrogens (tertiary/aromatic N) is 9. The van der Waals surface area contributed by atoms with Crippen LogP contribution in [0.2, 0.25) is 0 Å². The summed E-state index contributed by atoms with van der Waals surface area (Å²) < 4.78 is 23.3. The SMILES string of the molecule is C#CCOCCOCCOCCNc1nc(N2CCOCC2)nc(N2CCN(C(=O)[C@H](CCC(=O)O)n3cc(C(N)[C@H](C)CC)nn3)CC2)n1.Cl. The number of amides is 1. The molecule has 0 aromatic carbocycles. The second-order valence-electron chi connectivity index (χ2n) is 12.1. The fourth-order valence-corrected chi connectivity index (χ4v) is 5.39. The lowest BCUT2D eigenvalue weighted by atomic mass is 9.98. The third-order valence-electron chi connectivity index (χ3n) is 8.60. The Morgan fingerprint density at radius 3 is 2.25 bits per heavy atom. The number of morpholine rings is 1. The largest absolute Gasteiger partial charge is 0.481 e. The van der Waals surface area contributed by atoms with Crippen molar-refractivity contribution in [2.75, 3.05) is 114 Å². The molecule has 284 valence electrons. The standard InChI is InChI=1S/C32H51N11O7.ClH/c1-4-15-47-19-21-50-22-20-48-16-8-34-30-35-31(37-32(36-30)42-13-17-49-18-14-42)41-11-9-40(10-12-41)29(46)26(6-7-27(44)45)43-23-25(38-39-43)28(33)24(3)5-2;/h1,23-24,26,28H,5-22,33H2,2-3H3,(H,44,45)(H,34,35,36,37);1H/t24-,26+,28?;/m1./s1. The first kappa shape index (κ1) is 41.6. The van der Waals surface area contributed by atoms with Crippen LogP contribution in [0.1, 0.15) is 50.9 Å². The van der Waals surface area contributed by atoms with E-state index in [0.717, 1.165) is 6.42 Å². The van der Waals surface area contributed by atoms with Gasteiger partial charge in [-0.1, -0.05) is 31.4 Å². The predicted molar refractivity (Wildman–Crippen MR) is 191 cm³/mol. The molecule has 1 amide bonds. The second-order valence-corrected chi connectivity index (χ2v) is 12.1. The Balaban J connectivity index is 0.00000702. The van der Waals surface area contributed by atoms with Crippen molar-refractivity contribution in [3.8, 4) is 12.3 Å². The van der Waals surface area contributed by atoms with Crippen LogP contribution in [-0.2, 0) is 28.5 Å². The summed E-state index contributed by atoms with van der Waals surface area (Å²) in [4.78, 5) is 45.2. The first-order valence-corrected chi connectivity index (χ1v) is 17.2. The van der Waals surface area contributed by atoms with Crippen molar-refractivity contribution in [3.05, 3.63) is 11.9 Å². The van der Waals surface area contributed by atoms with E-state index in [-0.39, 0.29) is 49.7 Å². The fraction of sp³-hybridized carbons (Fsp3) is 0.719. The van der Waals surface area contributed by atoms with Crippen LogP contribution >= 0.6 is 12.4 Å². The highest BCUT2D eigenvalue weighted by Crippen LogP contribution is 2.24. The Bertz CT molecular complexity index is 1380. The number of nitrogens with one attached hydrogen (secondary N) is 1. The maximum Gasteiger partial charge on any atom is 0.303 e. The van der Waals surface area contributed by atoms with Crippen molar-refractivity contribution < 1.29 is 33.6 Å². The van der Waals surface area contributed by atoms with Crippen LogP contribution < -0.4 is 20.9 Å². The summed E-state index contributed by atoms with van der Waals surface area (Å²) in [5.74, 6) is 2.85. The number of carboxylic acid groups (broad SMARTS) is 1. The summed E-state index contributed by atoms with van der Waals surface area (Å²) in [5.41, 5.74) is 6.93. The Hall–Kier alpha value is -3.86. The zero-order valence-corrected chi connectivity index (χ0v) is 30.3. The molecular weight excluding hydrogens is 686 g/mol. The van der Waals surface area contributed by atoms with Crippen molar-refractivity contribution in [2.24, 2.45) is 11.7 Å². The zero-order valence-electron chi connectivity index (χ0n) is 29.5. The average Bonchev–Trinajstić information content (AvgIpc) is 3.63. The molecule has 0 bridgehead atoms. The first-order chi connectivity index (χ1) is 24.3. The van der Waals surface area contributed by atoms with E-state index in [0.29, 0.717) is 116 Å². The maximum absolute atomic E-state index is 13.8. The van der Waals surface area contributed by atoms with Gasteiger partial charge in [-0.25, -0.2) is 4.68 Å². The summed E-state index contributed by atoms with van der Waals surface area (Å²) in [7, 11) is 0. The lowest BCUT2D eigenvalue weighted by Gasteiger charge is -2.36. The van der Waals surface area contributed by atoms with E-state index in [9.17, 15) is 14.7 Å². The Kier molecular flexibility index (Phi) is 18.1. The molecule has 0 spiro atoms. The molecule has 4 N–H and O–H groups in total. The van der Waals surface area contributed by atoms with Gasteiger partial charge < -0.3 is 49.8 Å². The molecule has 2 fully saturated rings. The lowest BCUT2D eigenvalue weighted by molar-refractivity contribution is -0.138. The van der Waals surface area contributed by atoms with E-state index in [1.54, 1.807) is 11.1 Å². The van der Waals surface area contributed by atoms with Gasteiger partial charge >= 0.3 is 5.97 Å². The summed E-state index contributed by atoms with van der Waals surface area (Å²) >= 11 is 0. The molecule has 51 heavy (non-hydrogen) atoms. The number of nitrogens with two attached hydrogens (primary N) is 1. The van der Waals surface area contributed by atoms with Gasteiger partial charge in [-0.05, 0) is 12.3 Å². The lowest BCUT2D eigenvalue weighted by Crippen LogP contribution is -2.51. The maximum atomic E-state index is 13.8. The number of hydrogen-bond donors (Lipinski definition) is 3. The molecule has 19 heteroatoms. The molecule has 4 heterocycles. The molecule has 0 radical (unpaired) electrons. The zero-order chi connectivity index (χ0) is 35.7. The summed E-state index contributed by atoms with van der Waals surface area (Å²) in [5, 5.41) is 21.1. The Morgan fingerprint density at radius 1 is 1.00 bits per heavy atom. The number of carboxylic acids is 1. The second kappa shape index (κ2) is 22.2. The van der Waals surface area contributed by atoms with Crippen molar-refractivity contribution in [1.82, 2.24) is 34.8 Å². The molecule has 2 saturated heterocycles. The molecule has 1 unspecified atom stereocenters. The van der Waals surface area contributed by atoms with Crippen LogP contribution in [0.25, 0.3) is 0 Å². The molecule has 2 aromatic rings. The van der Waals surface area contributed by atoms with Crippen LogP contribution in [0.3, 0.4) is 0 Å². The van der Waals surface area contributed by atoms with E-state index in [1.807, 2.05) is 18.7 Å². The van der Waals surface area contributed by atoms with Crippen molar-refractivity contribution in [3.63, 3.8) is 0 Å². The number of piperazine rings is 1. The minimum absolute atomic E-state index is 0. The van der Waals surface area contributed by atoms with Crippen LogP contribution in [0.4, 0.5) is 17.8 Å². The highest BCUT2D eigenvalue weighted by molar-refractivity contribution is 5.85. The molecule has 3 atom stereocenters. The number of ether oxygens (including phenoxy) is 4. The number of halogens is 1. The third kappa shape index (κ3) is 13.0. The van der Waals surface area contributed by atoms with Crippen LogP contribution in [0, 0.1) is 18.3 Å². The Morgan fingerprint density at radius 2 is 1.63 bits per heavy atom. The molecule has 2 aliphatic heterocycles. The molecular formula is C32H52ClN11O7. The number of anilines is 3. The smallest absolute Gasteiger partial charge is 0.303 e. The van der Waals surface area contributed by atoms with Gasteiger partial charge in [0.05, 0.1) is 64.2 Å². The third-order valence-corrected chi connectivity index (χ3v) is 8.60. The minimum atomic E-state index is -0.987. The number of carbonyl (C=O) groups is 2. The van der Waals surface area contributed by atoms with E-state index in [2.05, 4.69) is 31.4 Å². The van der Waals surface area contributed by atoms with Crippen LogP contribution in [0.5, 0.6) is 0 Å². The highest BCUT2D eigenvalue weighted by Gasteiger charge is 2.32. The van der Waals surface area contributed by atoms with Gasteiger partial charge in [0.1, 0.15) is 12.6 Å². The highest BCUT2D eigenvalue weighted by atomic mass is 35.5. The van der Waals surface area contributed by atoms with E-state index < -0.39 is 12.0 Å². The van der Waals surface area contributed by atoms with Gasteiger partial charge in [-0.3, -0.25) is 9.59 Å². The van der Waals surface area contributed by atoms with Crippen LogP contribution in [0.15, 0.2) is 6.20 Å². The quantitative estimate of drug-likeness (QED) is 0.118. The number of rotatable bonds is 21. The number of aromatic nitrogens is 6. The van der Waals surface area contributed by atoms with Gasteiger partial charge in [-0.15, -0.1) is 23.9 Å². The number of terminal acetylenes is 1. The van der Waals surface area contributed by atoms with Gasteiger partial charge in [0.15, 0.2) is 0 Å². The summed E-state index contributed by atoms with van der Waals surface area (Å²) in [6.45, 7) is 11.2. The molecule has 2 aromatic heterocycles. The molecule has 4 rings (SSSR count). The van der Waals surface area contributed by atoms with Crippen molar-refractivity contribution in [1.29, 1.82) is 0 Å². The summed E-state index contributed by atoms with van der Waals surface area (Å²) in [6, 6.07) is -1.15. The monoisotopic (exact) mass is 737 g/mol. The molecule has 2 aliphatic rings. The van der Waals surface area contributed by atoms with E-state index in [4.69, 9.17) is 41.1 Å². The van der Waals surface area contributed by atoms with E-state index >= 15 is 0 Å². The van der Waals surface area contributed by atoms with Crippen molar-refractivity contribution in [2.45, 2.75) is 45.2 Å². The topological polar surface area (TPSA) is 208 Å². The Labute approximate surface area is 305 Å². The number of aliphatic carboxylic acids is 1.